The van der Waals surface area contributed by atoms with E-state index in [2.05, 4.69) is 55.3 Å². The van der Waals surface area contributed by atoms with E-state index in [1.54, 1.807) is 50.2 Å². The molecule has 0 aliphatic carbocycles. The van der Waals surface area contributed by atoms with Crippen molar-refractivity contribution in [2.24, 2.45) is 5.10 Å². The highest BCUT2D eigenvalue weighted by molar-refractivity contribution is 9.10. The van der Waals surface area contributed by atoms with Crippen molar-refractivity contribution in [3.8, 4) is 11.5 Å². The minimum atomic E-state index is -0.632. The molecule has 4 aromatic carbocycles. The number of para-hydroxylation sites is 1. The summed E-state index contributed by atoms with van der Waals surface area (Å²) in [5.41, 5.74) is 5.71. The molecule has 0 unspecified atom stereocenters. The van der Waals surface area contributed by atoms with Gasteiger partial charge in [-0.3, -0.25) is 4.79 Å². The molecule has 12 heteroatoms. The number of rotatable bonds is 11. The van der Waals surface area contributed by atoms with Gasteiger partial charge in [0.25, 0.3) is 5.91 Å². The predicted octanol–water partition coefficient (Wildman–Crippen LogP) is 6.72. The lowest BCUT2D eigenvalue weighted by Crippen LogP contribution is -2.45. The minimum absolute atomic E-state index is 0.221. The van der Waals surface area contributed by atoms with Crippen molar-refractivity contribution in [3.63, 3.8) is 0 Å². The summed E-state index contributed by atoms with van der Waals surface area (Å²) < 4.78 is 17.8. The van der Waals surface area contributed by atoms with Crippen LogP contribution in [0.2, 0.25) is 5.02 Å². The van der Waals surface area contributed by atoms with Crippen LogP contribution in [0.25, 0.3) is 10.8 Å². The number of hydrogen-bond donors (Lipinski definition) is 3. The molecule has 1 aliphatic rings. The Labute approximate surface area is 285 Å². The average molecular weight is 722 g/mol. The Bertz CT molecular complexity index is 1840. The summed E-state index contributed by atoms with van der Waals surface area (Å²) in [5.74, 6) is -0.0702. The number of allylic oxidation sites excluding steroid dienone is 1. The van der Waals surface area contributed by atoms with E-state index >= 15 is 0 Å². The van der Waals surface area contributed by atoms with Crippen LogP contribution in [0.1, 0.15) is 36.6 Å². The van der Waals surface area contributed by atoms with E-state index in [1.165, 1.54) is 6.21 Å². The number of thiocarbonyl (C=S) groups is 1. The first kappa shape index (κ1) is 32.9. The highest BCUT2D eigenvalue weighted by atomic mass is 79.9. The van der Waals surface area contributed by atoms with E-state index in [4.69, 9.17) is 38.0 Å². The van der Waals surface area contributed by atoms with Gasteiger partial charge in [-0.15, -0.1) is 0 Å². The van der Waals surface area contributed by atoms with Crippen LogP contribution in [0, 0.1) is 0 Å². The van der Waals surface area contributed by atoms with Crippen molar-refractivity contribution in [2.45, 2.75) is 26.5 Å². The van der Waals surface area contributed by atoms with Crippen molar-refractivity contribution in [3.05, 3.63) is 116 Å². The van der Waals surface area contributed by atoms with Gasteiger partial charge in [-0.1, -0.05) is 72.3 Å². The van der Waals surface area contributed by atoms with Gasteiger partial charge in [-0.05, 0) is 82.1 Å². The standard InChI is InChI=1S/C34H30BrClN4O5S/c1-3-43-33(42)30-20(2)38-34(46)39-31(30)25-13-6-7-14-28(25)44-19-29(41)40-37-17-21-15-26(35)32(27(36)16-21)45-18-23-11-8-10-22-9-4-5-12-24(22)23/h4-17,31H,3,18-19H2,1-2H3,(H,40,41)(H2,38,39,46)/t31-/m0/s1. The second kappa shape index (κ2) is 15.2. The summed E-state index contributed by atoms with van der Waals surface area (Å²) in [4.78, 5) is 25.4. The van der Waals surface area contributed by atoms with Crippen LogP contribution in [-0.2, 0) is 20.9 Å². The van der Waals surface area contributed by atoms with Crippen LogP contribution in [-0.4, -0.2) is 36.4 Å². The van der Waals surface area contributed by atoms with Gasteiger partial charge in [-0.2, -0.15) is 5.10 Å². The average Bonchev–Trinajstić information content (AvgIpc) is 3.03. The number of esters is 1. The predicted molar refractivity (Wildman–Crippen MR) is 186 cm³/mol. The zero-order valence-corrected chi connectivity index (χ0v) is 28.1. The molecule has 236 valence electrons. The lowest BCUT2D eigenvalue weighted by atomic mass is 9.95. The smallest absolute Gasteiger partial charge is 0.338 e. The summed E-state index contributed by atoms with van der Waals surface area (Å²) in [6.07, 6.45) is 1.47. The maximum absolute atomic E-state index is 12.8. The zero-order chi connectivity index (χ0) is 32.6. The lowest BCUT2D eigenvalue weighted by molar-refractivity contribution is -0.139. The maximum atomic E-state index is 12.8. The molecule has 0 fully saturated rings. The first-order valence-electron chi connectivity index (χ1n) is 14.3. The molecule has 0 bridgehead atoms. The zero-order valence-electron chi connectivity index (χ0n) is 24.9. The molecular weight excluding hydrogens is 692 g/mol. The first-order chi connectivity index (χ1) is 22.2. The molecule has 0 saturated carbocycles. The van der Waals surface area contributed by atoms with Crippen molar-refractivity contribution < 1.29 is 23.8 Å². The monoisotopic (exact) mass is 720 g/mol. The van der Waals surface area contributed by atoms with Crippen molar-refractivity contribution in [1.82, 2.24) is 16.1 Å². The Kier molecular flexibility index (Phi) is 10.9. The number of fused-ring (bicyclic) bond motifs is 1. The van der Waals surface area contributed by atoms with Gasteiger partial charge < -0.3 is 24.8 Å². The van der Waals surface area contributed by atoms with Gasteiger partial charge in [0, 0.05) is 11.3 Å². The highest BCUT2D eigenvalue weighted by Gasteiger charge is 2.32. The van der Waals surface area contributed by atoms with Crippen LogP contribution >= 0.6 is 39.7 Å². The quantitative estimate of drug-likeness (QED) is 0.0678. The molecule has 4 aromatic rings. The molecule has 9 nitrogen and oxygen atoms in total. The molecule has 1 amide bonds. The van der Waals surface area contributed by atoms with Gasteiger partial charge in [0.2, 0.25) is 0 Å². The third kappa shape index (κ3) is 7.85. The summed E-state index contributed by atoms with van der Waals surface area (Å²) in [6, 6.07) is 24.1. The van der Waals surface area contributed by atoms with Gasteiger partial charge in [0.05, 0.1) is 33.9 Å². The van der Waals surface area contributed by atoms with Crippen LogP contribution in [0.3, 0.4) is 0 Å². The highest BCUT2D eigenvalue weighted by Crippen LogP contribution is 2.36. The number of ether oxygens (including phenoxy) is 3. The lowest BCUT2D eigenvalue weighted by Gasteiger charge is -2.30. The number of hydrogen-bond acceptors (Lipinski definition) is 7. The number of nitrogens with one attached hydrogen (secondary N) is 3. The molecule has 1 heterocycles. The van der Waals surface area contributed by atoms with E-state index < -0.39 is 17.9 Å². The number of benzene rings is 4. The van der Waals surface area contributed by atoms with E-state index in [0.29, 0.717) is 55.1 Å². The molecule has 0 spiro atoms. The number of halogens is 2. The first-order valence-corrected chi connectivity index (χ1v) is 15.9. The fourth-order valence-corrected chi connectivity index (χ4v) is 6.23. The fourth-order valence-electron chi connectivity index (χ4n) is 4.97. The molecule has 1 atom stereocenters. The Hall–Kier alpha value is -4.45. The molecule has 0 radical (unpaired) electrons. The van der Waals surface area contributed by atoms with Gasteiger partial charge in [0.15, 0.2) is 17.5 Å². The van der Waals surface area contributed by atoms with Crippen LogP contribution < -0.4 is 25.5 Å². The SMILES string of the molecule is CCOC(=O)C1=C(C)NC(=S)N[C@H]1c1ccccc1OCC(=O)NN=Cc1cc(Cl)c(OCc2cccc3ccccc23)c(Br)c1. The van der Waals surface area contributed by atoms with Crippen molar-refractivity contribution in [1.29, 1.82) is 0 Å². The van der Waals surface area contributed by atoms with Gasteiger partial charge in [-0.25, -0.2) is 10.2 Å². The fraction of sp³-hybridized carbons (Fsp3) is 0.176. The van der Waals surface area contributed by atoms with E-state index in [-0.39, 0.29) is 13.2 Å². The molecule has 0 saturated heterocycles. The van der Waals surface area contributed by atoms with Gasteiger partial charge in [0.1, 0.15) is 12.4 Å². The molecule has 46 heavy (non-hydrogen) atoms. The van der Waals surface area contributed by atoms with E-state index in [9.17, 15) is 9.59 Å². The van der Waals surface area contributed by atoms with E-state index in [0.717, 1.165) is 16.3 Å². The topological polar surface area (TPSA) is 110 Å². The maximum Gasteiger partial charge on any atom is 0.338 e. The summed E-state index contributed by atoms with van der Waals surface area (Å²) >= 11 is 15.4. The van der Waals surface area contributed by atoms with Crippen LogP contribution in [0.5, 0.6) is 11.5 Å². The number of amides is 1. The second-order valence-electron chi connectivity index (χ2n) is 10.2. The third-order valence-corrected chi connectivity index (χ3v) is 8.12. The molecule has 5 rings (SSSR count). The number of hydrazone groups is 1. The Morgan fingerprint density at radius 3 is 2.63 bits per heavy atom. The second-order valence-corrected chi connectivity index (χ2v) is 11.8. The molecular formula is C34H30BrClN4O5S. The Balaban J connectivity index is 1.20. The van der Waals surface area contributed by atoms with Gasteiger partial charge >= 0.3 is 5.97 Å². The third-order valence-electron chi connectivity index (χ3n) is 7.03. The minimum Gasteiger partial charge on any atom is -0.486 e. The molecule has 3 N–H and O–H groups in total. The largest absolute Gasteiger partial charge is 0.486 e. The molecule has 1 aliphatic heterocycles. The Morgan fingerprint density at radius 2 is 1.83 bits per heavy atom. The Morgan fingerprint density at radius 1 is 1.07 bits per heavy atom. The van der Waals surface area contributed by atoms with Crippen molar-refractivity contribution >= 4 is 73.7 Å². The summed E-state index contributed by atoms with van der Waals surface area (Å²) in [5, 5.41) is 13.1. The number of nitrogens with zero attached hydrogens (tertiary/aromatic N) is 1. The van der Waals surface area contributed by atoms with Crippen molar-refractivity contribution in [2.75, 3.05) is 13.2 Å². The summed E-state index contributed by atoms with van der Waals surface area (Å²) in [6.45, 7) is 3.72. The normalized spacial score (nSPS) is 14.5. The van der Waals surface area contributed by atoms with Crippen LogP contribution in [0.15, 0.2) is 99.7 Å². The van der Waals surface area contributed by atoms with E-state index in [1.807, 2.05) is 24.3 Å². The summed E-state index contributed by atoms with van der Waals surface area (Å²) in [7, 11) is 0. The number of carbonyl (C=O) groups is 2. The van der Waals surface area contributed by atoms with Crippen LogP contribution in [0.4, 0.5) is 0 Å². The number of carbonyl (C=O) groups excluding carboxylic acids is 2. The molecule has 0 aromatic heterocycles.